The van der Waals surface area contributed by atoms with Crippen LogP contribution in [0.5, 0.6) is 5.75 Å². The lowest BCUT2D eigenvalue weighted by Crippen LogP contribution is -2.52. The highest BCUT2D eigenvalue weighted by atomic mass is 32.1. The molecule has 0 bridgehead atoms. The van der Waals surface area contributed by atoms with Gasteiger partial charge in [0, 0.05) is 37.5 Å². The molecule has 1 atom stereocenters. The van der Waals surface area contributed by atoms with E-state index in [0.29, 0.717) is 25.3 Å². The Bertz CT molecular complexity index is 732. The van der Waals surface area contributed by atoms with Gasteiger partial charge in [0.05, 0.1) is 18.7 Å². The number of ether oxygens (including phenoxy) is 1. The van der Waals surface area contributed by atoms with E-state index in [2.05, 4.69) is 4.98 Å². The minimum Gasteiger partial charge on any atom is -0.496 e. The average molecular weight is 345 g/mol. The fourth-order valence-electron chi connectivity index (χ4n) is 3.03. The normalized spacial score (nSPS) is 17.7. The molecule has 3 rings (SSSR count). The lowest BCUT2D eigenvalue weighted by molar-refractivity contribution is -0.133. The summed E-state index contributed by atoms with van der Waals surface area (Å²) in [5.74, 6) is 0.614. The van der Waals surface area contributed by atoms with Crippen molar-refractivity contribution < 1.29 is 14.3 Å². The highest BCUT2D eigenvalue weighted by Gasteiger charge is 2.34. The van der Waals surface area contributed by atoms with Gasteiger partial charge in [0.25, 0.3) is 5.91 Å². The van der Waals surface area contributed by atoms with Gasteiger partial charge in [0.2, 0.25) is 5.91 Å². The molecule has 0 radical (unpaired) electrons. The van der Waals surface area contributed by atoms with Crippen molar-refractivity contribution >= 4 is 23.2 Å². The van der Waals surface area contributed by atoms with Gasteiger partial charge in [-0.25, -0.2) is 4.98 Å². The van der Waals surface area contributed by atoms with E-state index in [1.54, 1.807) is 34.7 Å². The second-order valence-electron chi connectivity index (χ2n) is 5.60. The molecule has 2 amide bonds. The van der Waals surface area contributed by atoms with Crippen LogP contribution in [0, 0.1) is 0 Å². The van der Waals surface area contributed by atoms with Crippen LogP contribution in [-0.2, 0) is 4.79 Å². The van der Waals surface area contributed by atoms with Gasteiger partial charge >= 0.3 is 0 Å². The first-order valence-electron chi connectivity index (χ1n) is 7.69. The summed E-state index contributed by atoms with van der Waals surface area (Å²) in [5, 5.41) is 1.75. The molecule has 1 aliphatic rings. The zero-order valence-corrected chi connectivity index (χ0v) is 14.5. The van der Waals surface area contributed by atoms with E-state index >= 15 is 0 Å². The van der Waals surface area contributed by atoms with Gasteiger partial charge in [-0.05, 0) is 6.07 Å². The van der Waals surface area contributed by atoms with Crippen LogP contribution >= 0.6 is 11.3 Å². The highest BCUT2D eigenvalue weighted by molar-refractivity contribution is 7.07. The molecule has 24 heavy (non-hydrogen) atoms. The van der Waals surface area contributed by atoms with Crippen molar-refractivity contribution in [3.63, 3.8) is 0 Å². The Balaban J connectivity index is 1.90. The molecule has 7 heteroatoms. The summed E-state index contributed by atoms with van der Waals surface area (Å²) in [5.41, 5.74) is 3.01. The van der Waals surface area contributed by atoms with Crippen molar-refractivity contribution in [2.24, 2.45) is 0 Å². The second-order valence-corrected chi connectivity index (χ2v) is 6.31. The van der Waals surface area contributed by atoms with E-state index < -0.39 is 0 Å². The summed E-state index contributed by atoms with van der Waals surface area (Å²) in [6.45, 7) is 2.98. The Kier molecular flexibility index (Phi) is 4.80. The maximum atomic E-state index is 12.6. The largest absolute Gasteiger partial charge is 0.496 e. The molecular formula is C17H19N3O3S. The smallest absolute Gasteiger partial charge is 0.273 e. The molecule has 1 saturated heterocycles. The van der Waals surface area contributed by atoms with Gasteiger partial charge in [-0.1, -0.05) is 18.2 Å². The molecule has 2 aromatic rings. The first-order chi connectivity index (χ1) is 11.6. The number of thiazole rings is 1. The SMILES string of the molecule is COc1ccccc1[C@H]1CN(C(=O)c2cscn2)CCN1C(C)=O. The molecule has 1 aliphatic heterocycles. The molecule has 1 aromatic heterocycles. The van der Waals surface area contributed by atoms with Crippen LogP contribution in [0.3, 0.4) is 0 Å². The number of carbonyl (C=O) groups is 2. The van der Waals surface area contributed by atoms with Crippen LogP contribution in [-0.4, -0.2) is 53.3 Å². The van der Waals surface area contributed by atoms with Crippen molar-refractivity contribution in [1.82, 2.24) is 14.8 Å². The quantitative estimate of drug-likeness (QED) is 0.855. The van der Waals surface area contributed by atoms with E-state index in [-0.39, 0.29) is 17.9 Å². The number of hydrogen-bond acceptors (Lipinski definition) is 5. The lowest BCUT2D eigenvalue weighted by Gasteiger charge is -2.41. The lowest BCUT2D eigenvalue weighted by atomic mass is 10.0. The summed E-state index contributed by atoms with van der Waals surface area (Å²) in [6, 6.07) is 7.39. The maximum Gasteiger partial charge on any atom is 0.273 e. The topological polar surface area (TPSA) is 62.7 Å². The number of rotatable bonds is 3. The number of hydrogen-bond donors (Lipinski definition) is 0. The molecular weight excluding hydrogens is 326 g/mol. The van der Waals surface area contributed by atoms with E-state index in [4.69, 9.17) is 4.74 Å². The molecule has 2 heterocycles. The Labute approximate surface area is 144 Å². The van der Waals surface area contributed by atoms with E-state index in [1.807, 2.05) is 24.3 Å². The van der Waals surface area contributed by atoms with Crippen molar-refractivity contribution in [2.45, 2.75) is 13.0 Å². The summed E-state index contributed by atoms with van der Waals surface area (Å²) in [6.07, 6.45) is 0. The molecule has 0 saturated carbocycles. The molecule has 6 nitrogen and oxygen atoms in total. The predicted octanol–water partition coefficient (Wildman–Crippen LogP) is 2.20. The fourth-order valence-corrected chi connectivity index (χ4v) is 3.56. The van der Waals surface area contributed by atoms with E-state index in [9.17, 15) is 9.59 Å². The summed E-state index contributed by atoms with van der Waals surface area (Å²) in [7, 11) is 1.61. The van der Waals surface area contributed by atoms with Gasteiger partial charge in [-0.3, -0.25) is 9.59 Å². The summed E-state index contributed by atoms with van der Waals surface area (Å²) in [4.78, 5) is 32.3. The zero-order chi connectivity index (χ0) is 17.1. The molecule has 0 unspecified atom stereocenters. The van der Waals surface area contributed by atoms with Crippen molar-refractivity contribution in [2.75, 3.05) is 26.7 Å². The molecule has 0 N–H and O–H groups in total. The van der Waals surface area contributed by atoms with Crippen LogP contribution in [0.4, 0.5) is 0 Å². The Morgan fingerprint density at radius 2 is 2.08 bits per heavy atom. The number of piperazine rings is 1. The third kappa shape index (κ3) is 3.12. The van der Waals surface area contributed by atoms with Crippen molar-refractivity contribution in [3.05, 3.63) is 46.4 Å². The number of methoxy groups -OCH3 is 1. The Morgan fingerprint density at radius 1 is 1.29 bits per heavy atom. The summed E-state index contributed by atoms with van der Waals surface area (Å²) < 4.78 is 5.44. The third-order valence-electron chi connectivity index (χ3n) is 4.22. The van der Waals surface area contributed by atoms with Crippen LogP contribution < -0.4 is 4.74 Å². The van der Waals surface area contributed by atoms with E-state index in [0.717, 1.165) is 11.3 Å². The van der Waals surface area contributed by atoms with Gasteiger partial charge in [0.1, 0.15) is 11.4 Å². The fraction of sp³-hybridized carbons (Fsp3) is 0.353. The minimum atomic E-state index is -0.227. The number of para-hydroxylation sites is 1. The van der Waals surface area contributed by atoms with Gasteiger partial charge in [-0.15, -0.1) is 11.3 Å². The Morgan fingerprint density at radius 3 is 2.75 bits per heavy atom. The van der Waals surface area contributed by atoms with Crippen LogP contribution in [0.1, 0.15) is 29.0 Å². The predicted molar refractivity (Wildman–Crippen MR) is 91.1 cm³/mol. The van der Waals surface area contributed by atoms with Crippen LogP contribution in [0.15, 0.2) is 35.2 Å². The van der Waals surface area contributed by atoms with E-state index in [1.165, 1.54) is 11.3 Å². The van der Waals surface area contributed by atoms with Crippen molar-refractivity contribution in [1.29, 1.82) is 0 Å². The third-order valence-corrected chi connectivity index (χ3v) is 4.81. The molecule has 126 valence electrons. The number of amides is 2. The van der Waals surface area contributed by atoms with Crippen molar-refractivity contribution in [3.8, 4) is 5.75 Å². The Hall–Kier alpha value is -2.41. The molecule has 0 aliphatic carbocycles. The minimum absolute atomic E-state index is 0.00772. The zero-order valence-electron chi connectivity index (χ0n) is 13.6. The average Bonchev–Trinajstić information content (AvgIpc) is 3.15. The number of carbonyl (C=O) groups excluding carboxylic acids is 2. The molecule has 1 fully saturated rings. The van der Waals surface area contributed by atoms with Gasteiger partial charge in [0.15, 0.2) is 0 Å². The number of benzene rings is 1. The van der Waals surface area contributed by atoms with Crippen LogP contribution in [0.25, 0.3) is 0 Å². The second kappa shape index (κ2) is 7.00. The summed E-state index contributed by atoms with van der Waals surface area (Å²) >= 11 is 1.40. The van der Waals surface area contributed by atoms with Gasteiger partial charge < -0.3 is 14.5 Å². The molecule has 0 spiro atoms. The molecule has 1 aromatic carbocycles. The first kappa shape index (κ1) is 16.4. The standard InChI is InChI=1S/C17H19N3O3S/c1-12(21)20-8-7-19(17(22)14-10-24-11-18-14)9-15(20)13-5-3-4-6-16(13)23-2/h3-6,10-11,15H,7-9H2,1-2H3/t15-/m1/s1. The highest BCUT2D eigenvalue weighted by Crippen LogP contribution is 2.32. The number of aromatic nitrogens is 1. The maximum absolute atomic E-state index is 12.6. The number of nitrogens with zero attached hydrogens (tertiary/aromatic N) is 3. The monoisotopic (exact) mass is 345 g/mol. The van der Waals surface area contributed by atoms with Crippen LogP contribution in [0.2, 0.25) is 0 Å². The first-order valence-corrected chi connectivity index (χ1v) is 8.63. The van der Waals surface area contributed by atoms with Gasteiger partial charge in [-0.2, -0.15) is 0 Å².